The fraction of sp³-hybridized carbons (Fsp3) is 0.316. The van der Waals surface area contributed by atoms with Gasteiger partial charge >= 0.3 is 5.97 Å². The summed E-state index contributed by atoms with van der Waals surface area (Å²) in [4.78, 5) is 12.1. The first-order chi connectivity index (χ1) is 12.3. The molecule has 0 aromatic heterocycles. The summed E-state index contributed by atoms with van der Waals surface area (Å²) in [6.07, 6.45) is 0. The average Bonchev–Trinajstić information content (AvgIpc) is 2.57. The highest BCUT2D eigenvalue weighted by molar-refractivity contribution is 7.89. The van der Waals surface area contributed by atoms with Gasteiger partial charge in [0.25, 0.3) is 0 Å². The lowest BCUT2D eigenvalue weighted by Gasteiger charge is -2.10. The van der Waals surface area contributed by atoms with Gasteiger partial charge in [-0.15, -0.1) is 0 Å². The van der Waals surface area contributed by atoms with Crippen molar-refractivity contribution in [3.8, 4) is 5.75 Å². The second kappa shape index (κ2) is 8.82. The van der Waals surface area contributed by atoms with Gasteiger partial charge in [-0.25, -0.2) is 17.9 Å². The zero-order chi connectivity index (χ0) is 19.2. The zero-order valence-corrected chi connectivity index (χ0v) is 15.9. The molecule has 0 spiro atoms. The van der Waals surface area contributed by atoms with Crippen LogP contribution in [0.2, 0.25) is 0 Å². The molecule has 0 bridgehead atoms. The average molecular weight is 377 g/mol. The van der Waals surface area contributed by atoms with E-state index in [1.165, 1.54) is 24.3 Å². The van der Waals surface area contributed by atoms with E-state index < -0.39 is 16.0 Å². The zero-order valence-electron chi connectivity index (χ0n) is 15.1. The lowest BCUT2D eigenvalue weighted by Crippen LogP contribution is -2.30. The Morgan fingerprint density at radius 1 is 1.08 bits per heavy atom. The number of hydrogen-bond acceptors (Lipinski definition) is 5. The van der Waals surface area contributed by atoms with Gasteiger partial charge in [-0.3, -0.25) is 0 Å². The molecule has 0 aliphatic heterocycles. The van der Waals surface area contributed by atoms with Crippen LogP contribution in [0, 0.1) is 6.92 Å². The van der Waals surface area contributed by atoms with Crippen LogP contribution in [0.4, 0.5) is 0 Å². The fourth-order valence-corrected chi connectivity index (χ4v) is 3.48. The Hall–Kier alpha value is -2.38. The summed E-state index contributed by atoms with van der Waals surface area (Å²) in [5.41, 5.74) is 1.37. The van der Waals surface area contributed by atoms with Crippen molar-refractivity contribution in [1.82, 2.24) is 4.72 Å². The van der Waals surface area contributed by atoms with Gasteiger partial charge in [0, 0.05) is 6.04 Å². The summed E-state index contributed by atoms with van der Waals surface area (Å²) in [7, 11) is -3.58. The lowest BCUT2D eigenvalue weighted by molar-refractivity contribution is 0.0450. The molecule has 0 fully saturated rings. The van der Waals surface area contributed by atoms with E-state index in [4.69, 9.17) is 9.47 Å². The van der Waals surface area contributed by atoms with Gasteiger partial charge in [-0.2, -0.15) is 0 Å². The Bertz CT molecular complexity index is 844. The van der Waals surface area contributed by atoms with E-state index in [2.05, 4.69) is 4.72 Å². The first kappa shape index (κ1) is 19.9. The molecule has 7 heteroatoms. The van der Waals surface area contributed by atoms with Crippen LogP contribution in [0.15, 0.2) is 53.4 Å². The minimum absolute atomic E-state index is 0.0989. The molecule has 0 unspecified atom stereocenters. The van der Waals surface area contributed by atoms with Gasteiger partial charge < -0.3 is 9.47 Å². The minimum Gasteiger partial charge on any atom is -0.490 e. The number of hydrogen-bond donors (Lipinski definition) is 1. The molecule has 2 aromatic rings. The van der Waals surface area contributed by atoms with Crippen molar-refractivity contribution in [1.29, 1.82) is 0 Å². The lowest BCUT2D eigenvalue weighted by atomic mass is 10.2. The quantitative estimate of drug-likeness (QED) is 0.565. The summed E-state index contributed by atoms with van der Waals surface area (Å²) in [5, 5.41) is 0. The normalized spacial score (nSPS) is 11.4. The molecule has 0 saturated carbocycles. The molecule has 0 heterocycles. The molecule has 26 heavy (non-hydrogen) atoms. The molecule has 140 valence electrons. The van der Waals surface area contributed by atoms with Crippen LogP contribution in [-0.2, 0) is 14.8 Å². The summed E-state index contributed by atoms with van der Waals surface area (Å²) < 4.78 is 37.2. The molecule has 0 atom stereocenters. The first-order valence-corrected chi connectivity index (χ1v) is 9.75. The van der Waals surface area contributed by atoms with E-state index in [-0.39, 0.29) is 29.7 Å². The third-order valence-corrected chi connectivity index (χ3v) is 5.04. The third kappa shape index (κ3) is 5.86. The molecule has 0 aliphatic rings. The maximum atomic E-state index is 12.0. The topological polar surface area (TPSA) is 81.7 Å². The van der Waals surface area contributed by atoms with Crippen LogP contribution in [-0.4, -0.2) is 33.6 Å². The Labute approximate surface area is 154 Å². The Kier molecular flexibility index (Phi) is 6.76. The van der Waals surface area contributed by atoms with Crippen molar-refractivity contribution >= 4 is 16.0 Å². The molecule has 1 N–H and O–H groups in total. The summed E-state index contributed by atoms with van der Waals surface area (Å²) >= 11 is 0. The van der Waals surface area contributed by atoms with Crippen molar-refractivity contribution < 1.29 is 22.7 Å². The van der Waals surface area contributed by atoms with Gasteiger partial charge in [-0.05, 0) is 62.7 Å². The van der Waals surface area contributed by atoms with E-state index in [0.717, 1.165) is 5.56 Å². The molecule has 0 radical (unpaired) electrons. The molecule has 6 nitrogen and oxygen atoms in total. The highest BCUT2D eigenvalue weighted by Crippen LogP contribution is 2.13. The summed E-state index contributed by atoms with van der Waals surface area (Å²) in [6.45, 7) is 5.78. The number of sulfonamides is 1. The maximum Gasteiger partial charge on any atom is 0.338 e. The highest BCUT2D eigenvalue weighted by atomic mass is 32.2. The van der Waals surface area contributed by atoms with Crippen LogP contribution in [0.25, 0.3) is 0 Å². The van der Waals surface area contributed by atoms with E-state index >= 15 is 0 Å². The predicted molar refractivity (Wildman–Crippen MR) is 98.9 cm³/mol. The molecule has 2 aromatic carbocycles. The number of aryl methyl sites for hydroxylation is 1. The van der Waals surface area contributed by atoms with Gasteiger partial charge in [-0.1, -0.05) is 12.1 Å². The van der Waals surface area contributed by atoms with Crippen LogP contribution in [0.1, 0.15) is 29.8 Å². The maximum absolute atomic E-state index is 12.0. The predicted octanol–water partition coefficient (Wildman–Crippen LogP) is 2.92. The Morgan fingerprint density at radius 2 is 1.77 bits per heavy atom. The number of ether oxygens (including phenoxy) is 2. The second-order valence-electron chi connectivity index (χ2n) is 6.10. The van der Waals surface area contributed by atoms with Gasteiger partial charge in [0.05, 0.1) is 10.5 Å². The first-order valence-electron chi connectivity index (χ1n) is 8.27. The summed E-state index contributed by atoms with van der Waals surface area (Å²) in [5.74, 6) is 0.187. The van der Waals surface area contributed by atoms with Crippen LogP contribution >= 0.6 is 0 Å². The Balaban J connectivity index is 1.86. The SMILES string of the molecule is Cc1cccc(OCCOC(=O)c2ccc(S(=O)(=O)NC(C)C)cc2)c1. The van der Waals surface area contributed by atoms with Crippen LogP contribution in [0.5, 0.6) is 5.75 Å². The second-order valence-corrected chi connectivity index (χ2v) is 7.82. The van der Waals surface area contributed by atoms with E-state index in [9.17, 15) is 13.2 Å². The number of benzene rings is 2. The minimum atomic E-state index is -3.58. The van der Waals surface area contributed by atoms with Crippen molar-refractivity contribution in [3.63, 3.8) is 0 Å². The van der Waals surface area contributed by atoms with Crippen LogP contribution in [0.3, 0.4) is 0 Å². The smallest absolute Gasteiger partial charge is 0.338 e. The van der Waals surface area contributed by atoms with Crippen LogP contribution < -0.4 is 9.46 Å². The Morgan fingerprint density at radius 3 is 2.38 bits per heavy atom. The molecule has 0 saturated heterocycles. The number of carbonyl (C=O) groups excluding carboxylic acids is 1. The van der Waals surface area contributed by atoms with E-state index in [1.807, 2.05) is 31.2 Å². The number of nitrogens with one attached hydrogen (secondary N) is 1. The van der Waals surface area contributed by atoms with E-state index in [0.29, 0.717) is 5.75 Å². The summed E-state index contributed by atoms with van der Waals surface area (Å²) in [6, 6.07) is 13.0. The molecule has 0 amide bonds. The number of rotatable bonds is 8. The van der Waals surface area contributed by atoms with E-state index in [1.54, 1.807) is 13.8 Å². The van der Waals surface area contributed by atoms with Gasteiger partial charge in [0.2, 0.25) is 10.0 Å². The standard InChI is InChI=1S/C19H23NO5S/c1-14(2)20-26(22,23)18-9-7-16(8-10-18)19(21)25-12-11-24-17-6-4-5-15(3)13-17/h4-10,13-14,20H,11-12H2,1-3H3. The largest absolute Gasteiger partial charge is 0.490 e. The van der Waals surface area contributed by atoms with Gasteiger partial charge in [0.1, 0.15) is 19.0 Å². The van der Waals surface area contributed by atoms with Gasteiger partial charge in [0.15, 0.2) is 0 Å². The van der Waals surface area contributed by atoms with Crippen molar-refractivity contribution in [2.24, 2.45) is 0 Å². The molecular formula is C19H23NO5S. The molecule has 2 rings (SSSR count). The fourth-order valence-electron chi connectivity index (χ4n) is 2.23. The molecule has 0 aliphatic carbocycles. The number of esters is 1. The highest BCUT2D eigenvalue weighted by Gasteiger charge is 2.16. The van der Waals surface area contributed by atoms with Crippen molar-refractivity contribution in [2.75, 3.05) is 13.2 Å². The third-order valence-electron chi connectivity index (χ3n) is 3.37. The molecular weight excluding hydrogens is 354 g/mol. The van der Waals surface area contributed by atoms with Crippen molar-refractivity contribution in [3.05, 3.63) is 59.7 Å². The number of carbonyl (C=O) groups is 1. The monoisotopic (exact) mass is 377 g/mol. The van der Waals surface area contributed by atoms with Crippen molar-refractivity contribution in [2.45, 2.75) is 31.7 Å².